The van der Waals surface area contributed by atoms with E-state index in [1.165, 1.54) is 0 Å². The zero-order valence-electron chi connectivity index (χ0n) is 13.6. The minimum atomic E-state index is -0.220. The van der Waals surface area contributed by atoms with Crippen LogP contribution in [0.1, 0.15) is 32.3 Å². The molecule has 1 N–H and O–H groups in total. The fourth-order valence-corrected chi connectivity index (χ4v) is 2.45. The van der Waals surface area contributed by atoms with Crippen LogP contribution in [0.2, 0.25) is 0 Å². The van der Waals surface area contributed by atoms with Crippen molar-refractivity contribution < 1.29 is 9.53 Å². The third-order valence-corrected chi connectivity index (χ3v) is 3.90. The maximum absolute atomic E-state index is 11.8. The van der Waals surface area contributed by atoms with E-state index in [4.69, 9.17) is 4.74 Å². The predicted molar refractivity (Wildman–Crippen MR) is 88.2 cm³/mol. The third-order valence-electron chi connectivity index (χ3n) is 3.90. The van der Waals surface area contributed by atoms with Crippen molar-refractivity contribution in [3.63, 3.8) is 0 Å². The highest BCUT2D eigenvalue weighted by Crippen LogP contribution is 2.15. The first-order valence-corrected chi connectivity index (χ1v) is 7.83. The number of likely N-dealkylation sites (tertiary alicyclic amines) is 1. The largest absolute Gasteiger partial charge is 0.483 e. The van der Waals surface area contributed by atoms with Crippen LogP contribution in [0.4, 0.5) is 0 Å². The molecule has 0 spiro atoms. The van der Waals surface area contributed by atoms with Gasteiger partial charge in [-0.15, -0.1) is 0 Å². The maximum Gasteiger partial charge on any atom is 0.277 e. The Morgan fingerprint density at radius 3 is 2.64 bits per heavy atom. The summed E-state index contributed by atoms with van der Waals surface area (Å²) in [6.45, 7) is 8.35. The number of hydrazone groups is 1. The van der Waals surface area contributed by atoms with Gasteiger partial charge in [-0.3, -0.25) is 4.79 Å². The smallest absolute Gasteiger partial charge is 0.277 e. The molecule has 120 valence electrons. The molecule has 1 fully saturated rings. The average molecular weight is 303 g/mol. The average Bonchev–Trinajstić information content (AvgIpc) is 2.52. The maximum atomic E-state index is 11.8. The van der Waals surface area contributed by atoms with Gasteiger partial charge >= 0.3 is 0 Å². The summed E-state index contributed by atoms with van der Waals surface area (Å²) in [5.41, 5.74) is 4.66. The summed E-state index contributed by atoms with van der Waals surface area (Å²) in [4.78, 5) is 14.2. The number of para-hydroxylation sites is 1. The second-order valence-corrected chi connectivity index (χ2v) is 5.90. The van der Waals surface area contributed by atoms with Crippen molar-refractivity contribution in [2.75, 3.05) is 19.7 Å². The van der Waals surface area contributed by atoms with Crippen molar-refractivity contribution in [2.24, 2.45) is 5.10 Å². The summed E-state index contributed by atoms with van der Waals surface area (Å²) in [5, 5.41) is 4.22. The van der Waals surface area contributed by atoms with E-state index in [1.54, 1.807) is 0 Å². The molecular weight excluding hydrogens is 278 g/mol. The van der Waals surface area contributed by atoms with Crippen LogP contribution in [0.25, 0.3) is 0 Å². The quantitative estimate of drug-likeness (QED) is 0.850. The topological polar surface area (TPSA) is 53.9 Å². The van der Waals surface area contributed by atoms with Gasteiger partial charge in [-0.1, -0.05) is 18.2 Å². The van der Waals surface area contributed by atoms with E-state index in [2.05, 4.69) is 29.3 Å². The van der Waals surface area contributed by atoms with Crippen LogP contribution in [-0.4, -0.2) is 42.3 Å². The lowest BCUT2D eigenvalue weighted by molar-refractivity contribution is -0.123. The predicted octanol–water partition coefficient (Wildman–Crippen LogP) is 2.35. The normalized spacial score (nSPS) is 15.7. The zero-order chi connectivity index (χ0) is 15.9. The number of piperidine rings is 1. The highest BCUT2D eigenvalue weighted by atomic mass is 16.5. The molecule has 0 radical (unpaired) electrons. The Bertz CT molecular complexity index is 530. The van der Waals surface area contributed by atoms with Gasteiger partial charge in [0, 0.05) is 37.7 Å². The molecule has 1 aromatic rings. The number of nitrogens with one attached hydrogen (secondary N) is 1. The van der Waals surface area contributed by atoms with E-state index in [1.807, 2.05) is 31.2 Å². The Morgan fingerprint density at radius 1 is 1.32 bits per heavy atom. The van der Waals surface area contributed by atoms with Gasteiger partial charge in [0.1, 0.15) is 5.75 Å². The molecular formula is C17H25N3O2. The lowest BCUT2D eigenvalue weighted by Gasteiger charge is -2.30. The number of hydrogen-bond donors (Lipinski definition) is 1. The molecule has 0 bridgehead atoms. The molecule has 5 nitrogen and oxygen atoms in total. The van der Waals surface area contributed by atoms with Crippen molar-refractivity contribution in [3.05, 3.63) is 29.8 Å². The summed E-state index contributed by atoms with van der Waals surface area (Å²) in [5.74, 6) is 0.512. The highest BCUT2D eigenvalue weighted by Gasteiger charge is 2.17. The molecule has 0 aliphatic carbocycles. The Hall–Kier alpha value is -1.88. The van der Waals surface area contributed by atoms with Crippen LogP contribution < -0.4 is 10.2 Å². The molecule has 1 heterocycles. The first-order chi connectivity index (χ1) is 10.6. The van der Waals surface area contributed by atoms with Crippen molar-refractivity contribution in [1.82, 2.24) is 10.3 Å². The summed E-state index contributed by atoms with van der Waals surface area (Å²) in [7, 11) is 0. The van der Waals surface area contributed by atoms with Gasteiger partial charge in [-0.25, -0.2) is 5.43 Å². The molecule has 0 aromatic heterocycles. The van der Waals surface area contributed by atoms with Gasteiger partial charge in [0.05, 0.1) is 0 Å². The molecule has 2 rings (SSSR count). The van der Waals surface area contributed by atoms with Crippen LogP contribution >= 0.6 is 0 Å². The molecule has 22 heavy (non-hydrogen) atoms. The summed E-state index contributed by atoms with van der Waals surface area (Å²) < 4.78 is 5.50. The molecule has 0 unspecified atom stereocenters. The minimum Gasteiger partial charge on any atom is -0.483 e. The number of aryl methyl sites for hydroxylation is 1. The zero-order valence-corrected chi connectivity index (χ0v) is 13.6. The molecule has 0 atom stereocenters. The molecule has 1 saturated heterocycles. The lowest BCUT2D eigenvalue weighted by atomic mass is 10.1. The first-order valence-electron chi connectivity index (χ1n) is 7.83. The second-order valence-electron chi connectivity index (χ2n) is 5.90. The van der Waals surface area contributed by atoms with E-state index >= 15 is 0 Å². The number of ether oxygens (including phenoxy) is 1. The number of nitrogens with zero attached hydrogens (tertiary/aromatic N) is 2. The van der Waals surface area contributed by atoms with Crippen molar-refractivity contribution in [3.8, 4) is 5.75 Å². The van der Waals surface area contributed by atoms with Gasteiger partial charge in [0.15, 0.2) is 6.61 Å². The van der Waals surface area contributed by atoms with Crippen molar-refractivity contribution >= 4 is 11.6 Å². The highest BCUT2D eigenvalue weighted by molar-refractivity contribution is 5.87. The number of amides is 1. The fraction of sp³-hybridized carbons (Fsp3) is 0.529. The fourth-order valence-electron chi connectivity index (χ4n) is 2.45. The molecule has 5 heteroatoms. The van der Waals surface area contributed by atoms with E-state index in [9.17, 15) is 4.79 Å². The van der Waals surface area contributed by atoms with Crippen molar-refractivity contribution in [2.45, 2.75) is 39.7 Å². The molecule has 1 aromatic carbocycles. The van der Waals surface area contributed by atoms with Crippen LogP contribution in [0.3, 0.4) is 0 Å². The Labute approximate surface area is 132 Å². The summed E-state index contributed by atoms with van der Waals surface area (Å²) in [6, 6.07) is 8.21. The van der Waals surface area contributed by atoms with E-state index in [0.717, 1.165) is 43.0 Å². The van der Waals surface area contributed by atoms with Crippen LogP contribution in [-0.2, 0) is 4.79 Å². The van der Waals surface area contributed by atoms with Gasteiger partial charge in [0.25, 0.3) is 5.91 Å². The van der Waals surface area contributed by atoms with Crippen LogP contribution in [0.5, 0.6) is 5.75 Å². The lowest BCUT2D eigenvalue weighted by Crippen LogP contribution is -2.39. The number of benzene rings is 1. The monoisotopic (exact) mass is 303 g/mol. The van der Waals surface area contributed by atoms with Gasteiger partial charge < -0.3 is 9.64 Å². The molecule has 1 aliphatic rings. The Balaban J connectivity index is 1.74. The Morgan fingerprint density at radius 2 is 2.00 bits per heavy atom. The summed E-state index contributed by atoms with van der Waals surface area (Å²) in [6.07, 6.45) is 1.83. The van der Waals surface area contributed by atoms with Crippen LogP contribution in [0.15, 0.2) is 29.4 Å². The standard InChI is InChI=1S/C17H25N3O2/c1-13(2)20-10-8-15(9-11-20)18-19-17(21)12-22-16-7-5-4-6-14(16)3/h4-7,13H,8-12H2,1-3H3,(H,19,21). The van der Waals surface area contributed by atoms with Gasteiger partial charge in [0.2, 0.25) is 0 Å². The van der Waals surface area contributed by atoms with Crippen LogP contribution in [0, 0.1) is 6.92 Å². The molecule has 0 saturated carbocycles. The van der Waals surface area contributed by atoms with Gasteiger partial charge in [-0.2, -0.15) is 5.10 Å². The number of hydrogen-bond acceptors (Lipinski definition) is 4. The van der Waals surface area contributed by atoms with E-state index in [-0.39, 0.29) is 12.5 Å². The third kappa shape index (κ3) is 4.84. The summed E-state index contributed by atoms with van der Waals surface area (Å²) >= 11 is 0. The van der Waals surface area contributed by atoms with Gasteiger partial charge in [-0.05, 0) is 32.4 Å². The minimum absolute atomic E-state index is 0.0141. The second kappa shape index (κ2) is 7.94. The SMILES string of the molecule is Cc1ccccc1OCC(=O)NN=C1CCN(C(C)C)CC1. The van der Waals surface area contributed by atoms with Crippen molar-refractivity contribution in [1.29, 1.82) is 0 Å². The number of carbonyl (C=O) groups excluding carboxylic acids is 1. The van der Waals surface area contributed by atoms with E-state index < -0.39 is 0 Å². The number of rotatable bonds is 5. The van der Waals surface area contributed by atoms with E-state index in [0.29, 0.717) is 6.04 Å². The molecule has 1 amide bonds. The first kappa shape index (κ1) is 16.5. The molecule has 1 aliphatic heterocycles. The number of carbonyl (C=O) groups is 1. The Kier molecular flexibility index (Phi) is 5.95.